The van der Waals surface area contributed by atoms with E-state index in [2.05, 4.69) is 5.32 Å². The first-order valence-electron chi connectivity index (χ1n) is 9.94. The fourth-order valence-electron chi connectivity index (χ4n) is 4.13. The van der Waals surface area contributed by atoms with Gasteiger partial charge >= 0.3 is 0 Å². The van der Waals surface area contributed by atoms with Gasteiger partial charge in [-0.25, -0.2) is 4.39 Å². The van der Waals surface area contributed by atoms with Crippen LogP contribution in [0.4, 0.5) is 15.8 Å². The van der Waals surface area contributed by atoms with Gasteiger partial charge in [-0.1, -0.05) is 24.3 Å². The van der Waals surface area contributed by atoms with Gasteiger partial charge in [0.25, 0.3) is 5.91 Å². The summed E-state index contributed by atoms with van der Waals surface area (Å²) < 4.78 is 19.2. The number of benzene rings is 2. The highest BCUT2D eigenvalue weighted by molar-refractivity contribution is 8.02. The molecule has 5 rings (SSSR count). The number of furan rings is 1. The fraction of sp³-hybridized carbons (Fsp3) is 0.174. The number of nitrogens with zero attached hydrogens (tertiary/aromatic N) is 2. The molecule has 32 heavy (non-hydrogen) atoms. The average Bonchev–Trinajstić information content (AvgIpc) is 3.48. The summed E-state index contributed by atoms with van der Waals surface area (Å²) >= 11 is 1.18. The summed E-state index contributed by atoms with van der Waals surface area (Å²) in [7, 11) is 0. The van der Waals surface area contributed by atoms with Crippen LogP contribution in [0.5, 0.6) is 0 Å². The molecule has 3 amide bonds. The average molecular weight is 451 g/mol. The van der Waals surface area contributed by atoms with Gasteiger partial charge in [0.05, 0.1) is 24.2 Å². The summed E-state index contributed by atoms with van der Waals surface area (Å²) in [6, 6.07) is 16.1. The molecule has 2 aromatic carbocycles. The zero-order chi connectivity index (χ0) is 22.3. The molecular weight excluding hydrogens is 433 g/mol. The van der Waals surface area contributed by atoms with Crippen LogP contribution < -0.4 is 15.1 Å². The number of anilines is 2. The molecule has 1 spiro atoms. The maximum atomic E-state index is 14.0. The lowest BCUT2D eigenvalue weighted by molar-refractivity contribution is -0.125. The summed E-state index contributed by atoms with van der Waals surface area (Å²) in [6.07, 6.45) is 1.51. The van der Waals surface area contributed by atoms with E-state index in [-0.39, 0.29) is 30.7 Å². The highest BCUT2D eigenvalue weighted by atomic mass is 32.2. The number of nitrogens with one attached hydrogen (secondary N) is 1. The topological polar surface area (TPSA) is 82.9 Å². The third-order valence-corrected chi connectivity index (χ3v) is 6.86. The van der Waals surface area contributed by atoms with Crippen molar-refractivity contribution < 1.29 is 23.2 Å². The molecule has 1 atom stereocenters. The number of rotatable bonds is 5. The lowest BCUT2D eigenvalue weighted by Gasteiger charge is -2.33. The number of fused-ring (bicyclic) bond motifs is 2. The van der Waals surface area contributed by atoms with Gasteiger partial charge in [-0.2, -0.15) is 0 Å². The minimum absolute atomic E-state index is 0.0646. The Bertz CT molecular complexity index is 1220. The van der Waals surface area contributed by atoms with E-state index in [9.17, 15) is 18.8 Å². The Labute approximate surface area is 187 Å². The minimum Gasteiger partial charge on any atom is -0.467 e. The number of thioether (sulfide) groups is 1. The van der Waals surface area contributed by atoms with Gasteiger partial charge < -0.3 is 9.73 Å². The monoisotopic (exact) mass is 451 g/mol. The van der Waals surface area contributed by atoms with E-state index in [1.807, 2.05) is 0 Å². The Hall–Kier alpha value is -3.59. The first-order valence-corrected chi connectivity index (χ1v) is 10.9. The highest BCUT2D eigenvalue weighted by Gasteiger charge is 2.61. The van der Waals surface area contributed by atoms with Crippen LogP contribution in [0.15, 0.2) is 71.3 Å². The Morgan fingerprint density at radius 1 is 1.12 bits per heavy atom. The summed E-state index contributed by atoms with van der Waals surface area (Å²) in [5, 5.41) is 2.74. The fourth-order valence-corrected chi connectivity index (χ4v) is 5.49. The SMILES string of the molecule is O=C(CN1C(=O)[C@@]2(SCC(=O)N2c2cccc(F)c2)c2ccccc21)NCc1ccco1. The van der Waals surface area contributed by atoms with Crippen LogP contribution in [0, 0.1) is 5.82 Å². The molecule has 0 bridgehead atoms. The molecule has 3 aromatic rings. The normalized spacial score (nSPS) is 19.7. The molecule has 1 saturated heterocycles. The summed E-state index contributed by atoms with van der Waals surface area (Å²) in [5.74, 6) is -0.921. The van der Waals surface area contributed by atoms with Crippen molar-refractivity contribution in [3.8, 4) is 0 Å². The van der Waals surface area contributed by atoms with Gasteiger partial charge in [0.1, 0.15) is 18.1 Å². The molecule has 0 radical (unpaired) electrons. The number of halogens is 1. The first-order chi connectivity index (χ1) is 15.5. The molecule has 0 unspecified atom stereocenters. The number of carbonyl (C=O) groups excluding carboxylic acids is 3. The Morgan fingerprint density at radius 2 is 1.97 bits per heavy atom. The number of carbonyl (C=O) groups is 3. The van der Waals surface area contributed by atoms with Crippen molar-refractivity contribution in [1.29, 1.82) is 0 Å². The second kappa shape index (κ2) is 7.83. The number of para-hydroxylation sites is 1. The maximum absolute atomic E-state index is 14.0. The van der Waals surface area contributed by atoms with E-state index >= 15 is 0 Å². The molecule has 7 nitrogen and oxygen atoms in total. The molecule has 162 valence electrons. The Kier molecular flexibility index (Phi) is 4.97. The largest absolute Gasteiger partial charge is 0.467 e. The highest BCUT2D eigenvalue weighted by Crippen LogP contribution is 2.55. The third-order valence-electron chi connectivity index (χ3n) is 5.47. The Balaban J connectivity index is 1.49. The molecule has 0 saturated carbocycles. The van der Waals surface area contributed by atoms with Crippen molar-refractivity contribution in [2.45, 2.75) is 11.4 Å². The van der Waals surface area contributed by atoms with Crippen LogP contribution >= 0.6 is 11.8 Å². The van der Waals surface area contributed by atoms with Gasteiger partial charge in [0.15, 0.2) is 0 Å². The van der Waals surface area contributed by atoms with Crippen molar-refractivity contribution in [2.75, 3.05) is 22.1 Å². The van der Waals surface area contributed by atoms with Gasteiger partial charge in [0.2, 0.25) is 16.7 Å². The predicted octanol–water partition coefficient (Wildman–Crippen LogP) is 3.01. The van der Waals surface area contributed by atoms with Crippen molar-refractivity contribution in [2.24, 2.45) is 0 Å². The molecule has 3 heterocycles. The molecule has 1 N–H and O–H groups in total. The molecular formula is C23H18FN3O4S. The quantitative estimate of drug-likeness (QED) is 0.645. The second-order valence-corrected chi connectivity index (χ2v) is 8.57. The molecule has 2 aliphatic rings. The van der Waals surface area contributed by atoms with Crippen LogP contribution in [0.1, 0.15) is 11.3 Å². The van der Waals surface area contributed by atoms with Crippen molar-refractivity contribution >= 4 is 40.9 Å². The Morgan fingerprint density at radius 3 is 2.75 bits per heavy atom. The van der Waals surface area contributed by atoms with E-state index in [1.54, 1.807) is 42.5 Å². The molecule has 0 aliphatic carbocycles. The summed E-state index contributed by atoms with van der Waals surface area (Å²) in [6.45, 7) is -0.0205. The standard InChI is InChI=1S/C23H18FN3O4S/c24-15-5-3-6-16(11-15)27-21(29)14-32-23(27)18-8-1-2-9-19(18)26(22(23)30)13-20(28)25-12-17-7-4-10-31-17/h1-11H,12-14H2,(H,25,28)/t23-/m0/s1. The summed E-state index contributed by atoms with van der Waals surface area (Å²) in [5.41, 5.74) is 1.45. The predicted molar refractivity (Wildman–Crippen MR) is 117 cm³/mol. The van der Waals surface area contributed by atoms with Crippen LogP contribution in [0.3, 0.4) is 0 Å². The smallest absolute Gasteiger partial charge is 0.269 e. The molecule has 1 aromatic heterocycles. The molecule has 1 fully saturated rings. The van der Waals surface area contributed by atoms with Crippen molar-refractivity contribution in [1.82, 2.24) is 5.32 Å². The summed E-state index contributed by atoms with van der Waals surface area (Å²) in [4.78, 5) is 40.6. The van der Waals surface area contributed by atoms with E-state index in [0.717, 1.165) is 0 Å². The number of hydrogen-bond acceptors (Lipinski definition) is 5. The zero-order valence-electron chi connectivity index (χ0n) is 16.8. The first kappa shape index (κ1) is 20.3. The van der Waals surface area contributed by atoms with Gasteiger partial charge in [0, 0.05) is 11.3 Å². The van der Waals surface area contributed by atoms with Crippen molar-refractivity contribution in [3.05, 3.63) is 84.1 Å². The zero-order valence-corrected chi connectivity index (χ0v) is 17.6. The third kappa shape index (κ3) is 3.16. The minimum atomic E-state index is -1.39. The van der Waals surface area contributed by atoms with E-state index in [4.69, 9.17) is 4.42 Å². The van der Waals surface area contributed by atoms with Gasteiger partial charge in [-0.15, -0.1) is 11.8 Å². The number of hydrogen-bond donors (Lipinski definition) is 1. The van der Waals surface area contributed by atoms with Crippen LogP contribution in [0.2, 0.25) is 0 Å². The van der Waals surface area contributed by atoms with Crippen molar-refractivity contribution in [3.63, 3.8) is 0 Å². The van der Waals surface area contributed by atoms with Crippen LogP contribution in [0.25, 0.3) is 0 Å². The van der Waals surface area contributed by atoms with E-state index < -0.39 is 16.6 Å². The number of amides is 3. The van der Waals surface area contributed by atoms with E-state index in [1.165, 1.54) is 46.0 Å². The molecule has 2 aliphatic heterocycles. The second-order valence-electron chi connectivity index (χ2n) is 7.41. The van der Waals surface area contributed by atoms with E-state index in [0.29, 0.717) is 22.7 Å². The van der Waals surface area contributed by atoms with Gasteiger partial charge in [-0.3, -0.25) is 24.2 Å². The van der Waals surface area contributed by atoms with Crippen LogP contribution in [-0.4, -0.2) is 30.0 Å². The lowest BCUT2D eigenvalue weighted by Crippen LogP contribution is -2.51. The maximum Gasteiger partial charge on any atom is 0.269 e. The van der Waals surface area contributed by atoms with Crippen LogP contribution in [-0.2, 0) is 25.8 Å². The lowest BCUT2D eigenvalue weighted by atomic mass is 10.0. The molecule has 9 heteroatoms. The van der Waals surface area contributed by atoms with Gasteiger partial charge in [-0.05, 0) is 36.4 Å².